The van der Waals surface area contributed by atoms with Crippen molar-refractivity contribution in [1.82, 2.24) is 25.1 Å². The van der Waals surface area contributed by atoms with Crippen molar-refractivity contribution in [3.63, 3.8) is 0 Å². The molecule has 0 unspecified atom stereocenters. The predicted molar refractivity (Wildman–Crippen MR) is 127 cm³/mol. The van der Waals surface area contributed by atoms with Crippen LogP contribution in [0.4, 0.5) is 0 Å². The van der Waals surface area contributed by atoms with Gasteiger partial charge in [0.15, 0.2) is 11.6 Å². The molecule has 8 heteroatoms. The highest BCUT2D eigenvalue weighted by molar-refractivity contribution is 5.67. The number of ether oxygens (including phenoxy) is 1. The fraction of sp³-hybridized carbons (Fsp3) is 0.269. The molecule has 8 nitrogen and oxygen atoms in total. The molecule has 0 spiro atoms. The summed E-state index contributed by atoms with van der Waals surface area (Å²) >= 11 is 0. The second kappa shape index (κ2) is 9.82. The summed E-state index contributed by atoms with van der Waals surface area (Å²) in [6.45, 7) is 0. The van der Waals surface area contributed by atoms with E-state index in [1.807, 2.05) is 54.6 Å². The number of nitrogens with zero attached hydrogens (tertiary/aromatic N) is 4. The minimum absolute atomic E-state index is 0.0866. The van der Waals surface area contributed by atoms with Crippen molar-refractivity contribution in [2.24, 2.45) is 5.92 Å². The third kappa shape index (κ3) is 5.11. The normalized spacial score (nSPS) is 17.9. The molecule has 0 aliphatic heterocycles. The first-order valence-electron chi connectivity index (χ1n) is 11.4. The van der Waals surface area contributed by atoms with Crippen LogP contribution in [0, 0.1) is 5.92 Å². The molecule has 1 fully saturated rings. The van der Waals surface area contributed by atoms with Gasteiger partial charge in [-0.2, -0.15) is 0 Å². The van der Waals surface area contributed by atoms with E-state index in [-0.39, 0.29) is 18.4 Å². The van der Waals surface area contributed by atoms with Gasteiger partial charge in [0.2, 0.25) is 5.88 Å². The van der Waals surface area contributed by atoms with Gasteiger partial charge in [-0.05, 0) is 49.8 Å². The maximum atomic E-state index is 10.9. The van der Waals surface area contributed by atoms with Crippen molar-refractivity contribution in [3.05, 3.63) is 67.0 Å². The number of H-pyrrole nitrogens is 1. The zero-order chi connectivity index (χ0) is 23.3. The standard InChI is InChI=1S/C26H25N5O3/c32-24(33)14-17-6-10-21(11-7-17)34-23-13-9-19(15-28-23)22-12-8-20(16-27-22)26-29-25(30-31-26)18-4-2-1-3-5-18/h1-5,8-9,12-13,15-17,21H,6-7,10-11,14H2,(H,32,33)(H,29,30,31)/t17-,21-. The highest BCUT2D eigenvalue weighted by atomic mass is 16.5. The zero-order valence-electron chi connectivity index (χ0n) is 18.6. The second-order valence-electron chi connectivity index (χ2n) is 8.56. The summed E-state index contributed by atoms with van der Waals surface area (Å²) in [4.78, 5) is 23.1. The number of benzene rings is 1. The summed E-state index contributed by atoms with van der Waals surface area (Å²) in [5, 5.41) is 17.4. The molecule has 1 saturated carbocycles. The Balaban J connectivity index is 1.20. The highest BCUT2D eigenvalue weighted by Crippen LogP contribution is 2.30. The average Bonchev–Trinajstić information content (AvgIpc) is 3.37. The van der Waals surface area contributed by atoms with Crippen molar-refractivity contribution >= 4 is 5.97 Å². The lowest BCUT2D eigenvalue weighted by atomic mass is 9.85. The first kappa shape index (κ1) is 21.8. The Morgan fingerprint density at radius 2 is 1.56 bits per heavy atom. The molecule has 0 amide bonds. The van der Waals surface area contributed by atoms with E-state index in [9.17, 15) is 4.79 Å². The van der Waals surface area contributed by atoms with E-state index >= 15 is 0 Å². The number of pyridine rings is 2. The van der Waals surface area contributed by atoms with Crippen LogP contribution in [0.1, 0.15) is 32.1 Å². The number of aliphatic carboxylic acids is 1. The lowest BCUT2D eigenvalue weighted by Crippen LogP contribution is -2.25. The van der Waals surface area contributed by atoms with Crippen LogP contribution < -0.4 is 4.74 Å². The molecule has 34 heavy (non-hydrogen) atoms. The van der Waals surface area contributed by atoms with Crippen molar-refractivity contribution in [3.8, 4) is 39.9 Å². The maximum Gasteiger partial charge on any atom is 0.303 e. The smallest absolute Gasteiger partial charge is 0.303 e. The van der Waals surface area contributed by atoms with E-state index in [0.717, 1.165) is 53.9 Å². The first-order chi connectivity index (χ1) is 16.6. The molecule has 0 radical (unpaired) electrons. The summed E-state index contributed by atoms with van der Waals surface area (Å²) in [5.74, 6) is 1.49. The Hall–Kier alpha value is -4.07. The molecule has 5 rings (SSSR count). The monoisotopic (exact) mass is 455 g/mol. The lowest BCUT2D eigenvalue weighted by Gasteiger charge is -2.27. The van der Waals surface area contributed by atoms with Crippen LogP contribution in [0.2, 0.25) is 0 Å². The van der Waals surface area contributed by atoms with Gasteiger partial charge in [-0.3, -0.25) is 9.78 Å². The largest absolute Gasteiger partial charge is 0.481 e. The lowest BCUT2D eigenvalue weighted by molar-refractivity contribution is -0.138. The molecule has 3 aromatic heterocycles. The number of hydrogen-bond acceptors (Lipinski definition) is 6. The van der Waals surface area contributed by atoms with Gasteiger partial charge >= 0.3 is 5.97 Å². The molecule has 3 heterocycles. The van der Waals surface area contributed by atoms with Crippen LogP contribution in [-0.4, -0.2) is 42.3 Å². The Bertz CT molecular complexity index is 1230. The van der Waals surface area contributed by atoms with Crippen molar-refractivity contribution in [1.29, 1.82) is 0 Å². The summed E-state index contributed by atoms with van der Waals surface area (Å²) in [6.07, 6.45) is 7.34. The highest BCUT2D eigenvalue weighted by Gasteiger charge is 2.24. The first-order valence-corrected chi connectivity index (χ1v) is 11.4. The fourth-order valence-corrected chi connectivity index (χ4v) is 4.30. The van der Waals surface area contributed by atoms with E-state index in [1.54, 1.807) is 12.4 Å². The number of nitrogens with one attached hydrogen (secondary N) is 1. The van der Waals surface area contributed by atoms with Crippen LogP contribution in [0.5, 0.6) is 5.88 Å². The van der Waals surface area contributed by atoms with E-state index in [4.69, 9.17) is 9.84 Å². The molecule has 0 atom stereocenters. The number of aromatic nitrogens is 5. The molecule has 4 aromatic rings. The molecule has 0 saturated heterocycles. The minimum Gasteiger partial charge on any atom is -0.481 e. The molecular weight excluding hydrogens is 430 g/mol. The van der Waals surface area contributed by atoms with Gasteiger partial charge < -0.3 is 14.8 Å². The van der Waals surface area contributed by atoms with E-state index in [0.29, 0.717) is 11.7 Å². The third-order valence-corrected chi connectivity index (χ3v) is 6.15. The zero-order valence-corrected chi connectivity index (χ0v) is 18.6. The third-order valence-electron chi connectivity index (χ3n) is 6.15. The Morgan fingerprint density at radius 3 is 2.21 bits per heavy atom. The van der Waals surface area contributed by atoms with E-state index in [1.165, 1.54) is 0 Å². The second-order valence-corrected chi connectivity index (χ2v) is 8.56. The van der Waals surface area contributed by atoms with Gasteiger partial charge in [0.1, 0.15) is 6.10 Å². The molecule has 1 aromatic carbocycles. The maximum absolute atomic E-state index is 10.9. The number of aromatic amines is 1. The Kier molecular flexibility index (Phi) is 6.29. The quantitative estimate of drug-likeness (QED) is 0.403. The van der Waals surface area contributed by atoms with Gasteiger partial charge in [0.05, 0.1) is 5.69 Å². The van der Waals surface area contributed by atoms with Crippen LogP contribution in [0.15, 0.2) is 67.0 Å². The average molecular weight is 456 g/mol. The minimum atomic E-state index is -0.721. The SMILES string of the molecule is O=C(O)C[C@H]1CC[C@H](Oc2ccc(-c3ccc(-c4nnc(-c5ccccc5)[nH]4)cn3)cn2)CC1. The number of rotatable bonds is 7. The summed E-state index contributed by atoms with van der Waals surface area (Å²) in [5.41, 5.74) is 3.53. The van der Waals surface area contributed by atoms with Gasteiger partial charge in [0.25, 0.3) is 0 Å². The summed E-state index contributed by atoms with van der Waals surface area (Å²) in [7, 11) is 0. The van der Waals surface area contributed by atoms with Crippen molar-refractivity contribution in [2.75, 3.05) is 0 Å². The van der Waals surface area contributed by atoms with E-state index < -0.39 is 5.97 Å². The van der Waals surface area contributed by atoms with Crippen LogP contribution in [0.3, 0.4) is 0 Å². The van der Waals surface area contributed by atoms with Crippen LogP contribution in [0.25, 0.3) is 34.0 Å². The van der Waals surface area contributed by atoms with Gasteiger partial charge in [-0.25, -0.2) is 4.98 Å². The van der Waals surface area contributed by atoms with E-state index in [2.05, 4.69) is 25.1 Å². The topological polar surface area (TPSA) is 114 Å². The van der Waals surface area contributed by atoms with Crippen LogP contribution in [-0.2, 0) is 4.79 Å². The van der Waals surface area contributed by atoms with Crippen molar-refractivity contribution < 1.29 is 14.6 Å². The molecule has 1 aliphatic carbocycles. The number of carboxylic acid groups (broad SMARTS) is 1. The molecular formula is C26H25N5O3. The summed E-state index contributed by atoms with van der Waals surface area (Å²) in [6, 6.07) is 17.5. The Labute approximate surface area is 197 Å². The number of carbonyl (C=O) groups is 1. The number of hydrogen-bond donors (Lipinski definition) is 2. The Morgan fingerprint density at radius 1 is 0.853 bits per heavy atom. The molecule has 0 bridgehead atoms. The van der Waals surface area contributed by atoms with Gasteiger partial charge in [0, 0.05) is 41.6 Å². The fourth-order valence-electron chi connectivity index (χ4n) is 4.30. The number of carboxylic acids is 1. The van der Waals surface area contributed by atoms with Gasteiger partial charge in [-0.1, -0.05) is 30.3 Å². The molecule has 1 aliphatic rings. The summed E-state index contributed by atoms with van der Waals surface area (Å²) < 4.78 is 6.02. The van der Waals surface area contributed by atoms with Gasteiger partial charge in [-0.15, -0.1) is 10.2 Å². The molecule has 172 valence electrons. The predicted octanol–water partition coefficient (Wildman–Crippen LogP) is 5.01. The van der Waals surface area contributed by atoms with Crippen molar-refractivity contribution in [2.45, 2.75) is 38.2 Å². The van der Waals surface area contributed by atoms with Crippen LogP contribution >= 0.6 is 0 Å². The molecule has 2 N–H and O–H groups in total.